The summed E-state index contributed by atoms with van der Waals surface area (Å²) >= 11 is 1.54. The molecule has 6 nitrogen and oxygen atoms in total. The van der Waals surface area contributed by atoms with E-state index in [4.69, 9.17) is 9.15 Å². The van der Waals surface area contributed by atoms with Crippen LogP contribution < -0.4 is 0 Å². The molecule has 0 aliphatic heterocycles. The molecule has 7 heteroatoms. The Morgan fingerprint density at radius 3 is 2.83 bits per heavy atom. The number of likely N-dealkylation sites (N-methyl/N-ethyl adjacent to an activating group) is 1. The highest BCUT2D eigenvalue weighted by atomic mass is 32.1. The Morgan fingerprint density at radius 2 is 2.09 bits per heavy atom. The third kappa shape index (κ3) is 3.57. The molecule has 0 radical (unpaired) electrons. The van der Waals surface area contributed by atoms with Gasteiger partial charge in [0.2, 0.25) is 5.76 Å². The van der Waals surface area contributed by atoms with Gasteiger partial charge in [-0.15, -0.1) is 11.3 Å². The number of hydrogen-bond donors (Lipinski definition) is 0. The molecule has 0 spiro atoms. The summed E-state index contributed by atoms with van der Waals surface area (Å²) in [5.74, 6) is -0.882. The number of carbonyl (C=O) groups excluding carboxylic acids is 2. The molecule has 0 aliphatic carbocycles. The van der Waals surface area contributed by atoms with Crippen molar-refractivity contribution in [1.82, 2.24) is 9.88 Å². The van der Waals surface area contributed by atoms with Crippen LogP contribution in [-0.2, 0) is 16.1 Å². The molecule has 0 aliphatic rings. The smallest absolute Gasteiger partial charge is 0.374 e. The van der Waals surface area contributed by atoms with E-state index in [0.29, 0.717) is 6.54 Å². The summed E-state index contributed by atoms with van der Waals surface area (Å²) in [6.07, 6.45) is 1.37. The number of para-hydroxylation sites is 1. The first-order valence-electron chi connectivity index (χ1n) is 6.92. The first kappa shape index (κ1) is 15.2. The van der Waals surface area contributed by atoms with Gasteiger partial charge in [0.1, 0.15) is 5.01 Å². The number of nitrogens with zero attached hydrogens (tertiary/aromatic N) is 2. The van der Waals surface area contributed by atoms with E-state index in [1.54, 1.807) is 13.1 Å². The van der Waals surface area contributed by atoms with Crippen LogP contribution in [-0.4, -0.2) is 35.4 Å². The Kier molecular flexibility index (Phi) is 4.38. The molecule has 3 aromatic rings. The molecule has 3 rings (SSSR count). The number of fused-ring (bicyclic) bond motifs is 1. The van der Waals surface area contributed by atoms with Gasteiger partial charge in [-0.25, -0.2) is 9.78 Å². The highest BCUT2D eigenvalue weighted by Crippen LogP contribution is 2.22. The molecule has 23 heavy (non-hydrogen) atoms. The van der Waals surface area contributed by atoms with Crippen molar-refractivity contribution in [3.8, 4) is 0 Å². The van der Waals surface area contributed by atoms with Gasteiger partial charge in [0.05, 0.1) is 23.0 Å². The summed E-state index contributed by atoms with van der Waals surface area (Å²) in [4.78, 5) is 29.6. The van der Waals surface area contributed by atoms with Crippen molar-refractivity contribution >= 4 is 33.4 Å². The van der Waals surface area contributed by atoms with Gasteiger partial charge in [-0.3, -0.25) is 4.79 Å². The third-order valence-corrected chi connectivity index (χ3v) is 4.21. The van der Waals surface area contributed by atoms with Crippen LogP contribution in [0.4, 0.5) is 0 Å². The van der Waals surface area contributed by atoms with Gasteiger partial charge in [-0.2, -0.15) is 0 Å². The van der Waals surface area contributed by atoms with E-state index in [2.05, 4.69) is 4.98 Å². The van der Waals surface area contributed by atoms with Gasteiger partial charge < -0.3 is 14.1 Å². The number of carbonyl (C=O) groups is 2. The van der Waals surface area contributed by atoms with E-state index < -0.39 is 5.97 Å². The van der Waals surface area contributed by atoms with Gasteiger partial charge >= 0.3 is 5.97 Å². The number of thiazole rings is 1. The lowest BCUT2D eigenvalue weighted by atomic mass is 10.3. The molecule has 0 saturated heterocycles. The van der Waals surface area contributed by atoms with E-state index >= 15 is 0 Å². The van der Waals surface area contributed by atoms with Crippen LogP contribution in [0, 0.1) is 0 Å². The first-order chi connectivity index (χ1) is 11.1. The van der Waals surface area contributed by atoms with Gasteiger partial charge in [0.25, 0.3) is 5.91 Å². The monoisotopic (exact) mass is 330 g/mol. The largest absolute Gasteiger partial charge is 0.457 e. The van der Waals surface area contributed by atoms with Crippen molar-refractivity contribution in [1.29, 1.82) is 0 Å². The molecular weight excluding hydrogens is 316 g/mol. The molecule has 1 amide bonds. The lowest BCUT2D eigenvalue weighted by Crippen LogP contribution is -2.30. The number of furan rings is 1. The number of ether oxygens (including phenoxy) is 1. The second-order valence-corrected chi connectivity index (χ2v) is 5.99. The fourth-order valence-corrected chi connectivity index (χ4v) is 3.00. The van der Waals surface area contributed by atoms with Crippen LogP contribution in [0.1, 0.15) is 15.6 Å². The van der Waals surface area contributed by atoms with Crippen LogP contribution >= 0.6 is 11.3 Å². The molecule has 0 bridgehead atoms. The molecule has 118 valence electrons. The average Bonchev–Trinajstić information content (AvgIpc) is 3.20. The molecule has 2 heterocycles. The van der Waals surface area contributed by atoms with Gasteiger partial charge in [-0.1, -0.05) is 12.1 Å². The van der Waals surface area contributed by atoms with Gasteiger partial charge in [-0.05, 0) is 24.3 Å². The van der Waals surface area contributed by atoms with Crippen molar-refractivity contribution in [2.75, 3.05) is 13.7 Å². The highest BCUT2D eigenvalue weighted by molar-refractivity contribution is 7.18. The maximum Gasteiger partial charge on any atom is 0.374 e. The zero-order chi connectivity index (χ0) is 16.2. The third-order valence-electron chi connectivity index (χ3n) is 3.19. The Balaban J connectivity index is 1.56. The van der Waals surface area contributed by atoms with E-state index in [0.717, 1.165) is 15.2 Å². The fourth-order valence-electron chi connectivity index (χ4n) is 1.98. The number of aromatic nitrogens is 1. The summed E-state index contributed by atoms with van der Waals surface area (Å²) < 4.78 is 10.9. The second-order valence-electron chi connectivity index (χ2n) is 4.88. The average molecular weight is 330 g/mol. The lowest BCUT2D eigenvalue weighted by Gasteiger charge is -2.15. The summed E-state index contributed by atoms with van der Waals surface area (Å²) in [7, 11) is 1.65. The van der Waals surface area contributed by atoms with Crippen LogP contribution in [0.5, 0.6) is 0 Å². The quantitative estimate of drug-likeness (QED) is 0.673. The van der Waals surface area contributed by atoms with Crippen molar-refractivity contribution in [2.45, 2.75) is 6.54 Å². The van der Waals surface area contributed by atoms with Gasteiger partial charge in [0.15, 0.2) is 6.61 Å². The van der Waals surface area contributed by atoms with Crippen molar-refractivity contribution < 1.29 is 18.7 Å². The minimum absolute atomic E-state index is 0.0756. The minimum Gasteiger partial charge on any atom is -0.457 e. The number of rotatable bonds is 5. The zero-order valence-corrected chi connectivity index (χ0v) is 13.2. The van der Waals surface area contributed by atoms with Crippen LogP contribution in [0.15, 0.2) is 47.1 Å². The predicted octanol–water partition coefficient (Wildman–Crippen LogP) is 2.70. The lowest BCUT2D eigenvalue weighted by molar-refractivity contribution is -0.133. The molecule has 0 saturated carbocycles. The first-order valence-corrected chi connectivity index (χ1v) is 7.74. The minimum atomic E-state index is -0.656. The van der Waals surface area contributed by atoms with E-state index in [9.17, 15) is 9.59 Å². The fraction of sp³-hybridized carbons (Fsp3) is 0.188. The molecule has 1 aromatic carbocycles. The summed E-state index contributed by atoms with van der Waals surface area (Å²) in [6, 6.07) is 10.9. The molecule has 0 atom stereocenters. The summed E-state index contributed by atoms with van der Waals surface area (Å²) in [6.45, 7) is 0.0391. The SMILES string of the molecule is CN(Cc1nc2ccccc2s1)C(=O)COC(=O)c1ccco1. The molecule has 0 unspecified atom stereocenters. The Morgan fingerprint density at radius 1 is 1.26 bits per heavy atom. The summed E-state index contributed by atoms with van der Waals surface area (Å²) in [5, 5.41) is 0.833. The topological polar surface area (TPSA) is 72.6 Å². The van der Waals surface area contributed by atoms with E-state index in [-0.39, 0.29) is 18.3 Å². The van der Waals surface area contributed by atoms with Crippen molar-refractivity contribution in [3.63, 3.8) is 0 Å². The zero-order valence-electron chi connectivity index (χ0n) is 12.4. The van der Waals surface area contributed by atoms with Crippen molar-refractivity contribution in [2.24, 2.45) is 0 Å². The van der Waals surface area contributed by atoms with Gasteiger partial charge in [0, 0.05) is 7.05 Å². The summed E-state index contributed by atoms with van der Waals surface area (Å²) in [5.41, 5.74) is 0.914. The number of hydrogen-bond acceptors (Lipinski definition) is 6. The molecule has 0 fully saturated rings. The maximum absolute atomic E-state index is 12.0. The second kappa shape index (κ2) is 6.62. The Labute approximate surface area is 136 Å². The highest BCUT2D eigenvalue weighted by Gasteiger charge is 2.16. The van der Waals surface area contributed by atoms with Crippen molar-refractivity contribution in [3.05, 3.63) is 53.4 Å². The maximum atomic E-state index is 12.0. The number of esters is 1. The van der Waals surface area contributed by atoms with E-state index in [1.165, 1.54) is 28.6 Å². The molecule has 0 N–H and O–H groups in total. The number of benzene rings is 1. The standard InChI is InChI=1S/C16H14N2O4S/c1-18(9-14-17-11-5-2-3-7-13(11)23-14)15(19)10-22-16(20)12-6-4-8-21-12/h2-8H,9-10H2,1H3. The Bertz CT molecular complexity index is 793. The predicted molar refractivity (Wildman–Crippen MR) is 85.1 cm³/mol. The van der Waals surface area contributed by atoms with Crippen LogP contribution in [0.2, 0.25) is 0 Å². The normalized spacial score (nSPS) is 10.7. The van der Waals surface area contributed by atoms with Crippen LogP contribution in [0.3, 0.4) is 0 Å². The number of amides is 1. The van der Waals surface area contributed by atoms with Crippen LogP contribution in [0.25, 0.3) is 10.2 Å². The molecular formula is C16H14N2O4S. The molecule has 2 aromatic heterocycles. The van der Waals surface area contributed by atoms with E-state index in [1.807, 2.05) is 24.3 Å². The Hall–Kier alpha value is -2.67.